The molecule has 1 unspecified atom stereocenters. The van der Waals surface area contributed by atoms with Crippen molar-refractivity contribution < 1.29 is 14.3 Å². The van der Waals surface area contributed by atoms with Gasteiger partial charge in [-0.2, -0.15) is 0 Å². The van der Waals surface area contributed by atoms with Crippen LogP contribution in [0.1, 0.15) is 18.5 Å². The van der Waals surface area contributed by atoms with Crippen molar-refractivity contribution in [3.8, 4) is 11.5 Å². The highest BCUT2D eigenvalue weighted by molar-refractivity contribution is 6.30. The Hall–Kier alpha value is -2.72. The second-order valence-electron chi connectivity index (χ2n) is 6.00. The number of halogens is 1. The quantitative estimate of drug-likeness (QED) is 0.681. The Bertz CT molecular complexity index is 909. The number of hydrogen-bond acceptors (Lipinski definition) is 3. The van der Waals surface area contributed by atoms with Crippen LogP contribution in [0, 0.1) is 0 Å². The van der Waals surface area contributed by atoms with Crippen LogP contribution in [0.25, 0.3) is 10.8 Å². The van der Waals surface area contributed by atoms with E-state index in [0.29, 0.717) is 10.8 Å². The molecule has 0 aliphatic heterocycles. The van der Waals surface area contributed by atoms with Crippen molar-refractivity contribution in [2.45, 2.75) is 13.0 Å². The summed E-state index contributed by atoms with van der Waals surface area (Å²) < 4.78 is 10.9. The molecule has 3 aromatic carbocycles. The van der Waals surface area contributed by atoms with Crippen molar-refractivity contribution in [3.63, 3.8) is 0 Å². The van der Waals surface area contributed by atoms with Crippen LogP contribution >= 0.6 is 11.6 Å². The van der Waals surface area contributed by atoms with Crippen LogP contribution in [0.5, 0.6) is 11.5 Å². The molecule has 0 saturated carbocycles. The topological polar surface area (TPSA) is 47.6 Å². The van der Waals surface area contributed by atoms with Gasteiger partial charge in [0, 0.05) is 5.02 Å². The largest absolute Gasteiger partial charge is 0.497 e. The molecule has 0 aliphatic carbocycles. The monoisotopic (exact) mass is 369 g/mol. The molecule has 1 N–H and O–H groups in total. The van der Waals surface area contributed by atoms with E-state index < -0.39 is 0 Å². The molecular formula is C21H20ClNO3. The number of rotatable bonds is 6. The van der Waals surface area contributed by atoms with Gasteiger partial charge in [-0.15, -0.1) is 0 Å². The number of ether oxygens (including phenoxy) is 2. The lowest BCUT2D eigenvalue weighted by Crippen LogP contribution is -2.31. The Labute approximate surface area is 157 Å². The van der Waals surface area contributed by atoms with Gasteiger partial charge in [-0.25, -0.2) is 0 Å². The highest BCUT2D eigenvalue weighted by atomic mass is 35.5. The van der Waals surface area contributed by atoms with Crippen LogP contribution < -0.4 is 14.8 Å². The number of methoxy groups -OCH3 is 1. The molecule has 1 amide bonds. The molecular weight excluding hydrogens is 350 g/mol. The first kappa shape index (κ1) is 18.1. The third kappa shape index (κ3) is 4.46. The molecule has 0 saturated heterocycles. The van der Waals surface area contributed by atoms with Gasteiger partial charge >= 0.3 is 0 Å². The molecule has 0 spiro atoms. The summed E-state index contributed by atoms with van der Waals surface area (Å²) in [5, 5.41) is 5.66. The van der Waals surface area contributed by atoms with E-state index >= 15 is 0 Å². The minimum atomic E-state index is -0.182. The Kier molecular flexibility index (Phi) is 5.64. The van der Waals surface area contributed by atoms with E-state index in [2.05, 4.69) is 5.32 Å². The van der Waals surface area contributed by atoms with E-state index in [1.165, 1.54) is 0 Å². The third-order valence-electron chi connectivity index (χ3n) is 4.14. The van der Waals surface area contributed by atoms with Crippen molar-refractivity contribution in [3.05, 3.63) is 71.2 Å². The Balaban J connectivity index is 1.60. The standard InChI is InChI=1S/C21H20ClNO3/c1-14(15-3-7-18(22)8-4-15)23-21(24)13-26-20-10-6-16-5-9-19(25-2)11-17(16)12-20/h3-12,14H,13H2,1-2H3,(H,23,24). The third-order valence-corrected chi connectivity index (χ3v) is 4.39. The highest BCUT2D eigenvalue weighted by Gasteiger charge is 2.10. The average Bonchev–Trinajstić information content (AvgIpc) is 2.66. The fourth-order valence-corrected chi connectivity index (χ4v) is 2.81. The van der Waals surface area contributed by atoms with Crippen LogP contribution in [0.15, 0.2) is 60.7 Å². The minimum absolute atomic E-state index is 0.0482. The first-order valence-electron chi connectivity index (χ1n) is 8.30. The normalized spacial score (nSPS) is 11.8. The molecule has 4 nitrogen and oxygen atoms in total. The molecule has 5 heteroatoms. The number of benzene rings is 3. The molecule has 0 fully saturated rings. The van der Waals surface area contributed by atoms with Crippen molar-refractivity contribution in [1.29, 1.82) is 0 Å². The van der Waals surface area contributed by atoms with Gasteiger partial charge in [0.1, 0.15) is 11.5 Å². The first-order chi connectivity index (χ1) is 12.5. The first-order valence-corrected chi connectivity index (χ1v) is 8.68. The fraction of sp³-hybridized carbons (Fsp3) is 0.190. The van der Waals surface area contributed by atoms with Crippen molar-refractivity contribution in [2.24, 2.45) is 0 Å². The summed E-state index contributed by atoms with van der Waals surface area (Å²) in [5.41, 5.74) is 0.987. The van der Waals surface area contributed by atoms with E-state index in [0.717, 1.165) is 22.1 Å². The van der Waals surface area contributed by atoms with Crippen molar-refractivity contribution in [1.82, 2.24) is 5.32 Å². The Morgan fingerprint density at radius 2 is 1.65 bits per heavy atom. The summed E-state index contributed by atoms with van der Waals surface area (Å²) in [4.78, 5) is 12.1. The smallest absolute Gasteiger partial charge is 0.258 e. The molecule has 3 rings (SSSR count). The van der Waals surface area contributed by atoms with E-state index in [-0.39, 0.29) is 18.6 Å². The molecule has 3 aromatic rings. The minimum Gasteiger partial charge on any atom is -0.497 e. The number of nitrogens with one attached hydrogen (secondary N) is 1. The summed E-state index contributed by atoms with van der Waals surface area (Å²) in [5.74, 6) is 1.24. The zero-order valence-corrected chi connectivity index (χ0v) is 15.4. The number of amides is 1. The van der Waals surface area contributed by atoms with Crippen LogP contribution in [0.4, 0.5) is 0 Å². The summed E-state index contributed by atoms with van der Waals surface area (Å²) in [6.45, 7) is 1.87. The maximum atomic E-state index is 12.1. The molecule has 134 valence electrons. The predicted octanol–water partition coefficient (Wildman–Crippen LogP) is 4.76. The molecule has 0 aromatic heterocycles. The van der Waals surface area contributed by atoms with Gasteiger partial charge in [0.25, 0.3) is 5.91 Å². The average molecular weight is 370 g/mol. The molecule has 1 atom stereocenters. The Morgan fingerprint density at radius 1 is 1.00 bits per heavy atom. The lowest BCUT2D eigenvalue weighted by Gasteiger charge is -2.15. The molecule has 26 heavy (non-hydrogen) atoms. The van der Waals surface area contributed by atoms with E-state index in [4.69, 9.17) is 21.1 Å². The van der Waals surface area contributed by atoms with Gasteiger partial charge in [-0.3, -0.25) is 4.79 Å². The van der Waals surface area contributed by atoms with Crippen molar-refractivity contribution in [2.75, 3.05) is 13.7 Å². The predicted molar refractivity (Wildman–Crippen MR) is 104 cm³/mol. The van der Waals surface area contributed by atoms with Gasteiger partial charge in [-0.1, -0.05) is 35.9 Å². The lowest BCUT2D eigenvalue weighted by atomic mass is 10.1. The van der Waals surface area contributed by atoms with E-state index in [1.807, 2.05) is 55.5 Å². The van der Waals surface area contributed by atoms with Gasteiger partial charge in [-0.05, 0) is 59.7 Å². The number of carbonyl (C=O) groups is 1. The van der Waals surface area contributed by atoms with Crippen LogP contribution in [-0.2, 0) is 4.79 Å². The van der Waals surface area contributed by atoms with Crippen molar-refractivity contribution >= 4 is 28.3 Å². The number of carbonyl (C=O) groups excluding carboxylic acids is 1. The summed E-state index contributed by atoms with van der Waals surface area (Å²) >= 11 is 5.88. The maximum Gasteiger partial charge on any atom is 0.258 e. The summed E-state index contributed by atoms with van der Waals surface area (Å²) in [6.07, 6.45) is 0. The summed E-state index contributed by atoms with van der Waals surface area (Å²) in [6, 6.07) is 18.8. The zero-order valence-electron chi connectivity index (χ0n) is 14.7. The molecule has 0 aliphatic rings. The van der Waals surface area contributed by atoms with Crippen LogP contribution in [0.2, 0.25) is 5.02 Å². The van der Waals surface area contributed by atoms with Gasteiger partial charge < -0.3 is 14.8 Å². The summed E-state index contributed by atoms with van der Waals surface area (Å²) in [7, 11) is 1.63. The molecule has 0 bridgehead atoms. The molecule has 0 radical (unpaired) electrons. The van der Waals surface area contributed by atoms with Crippen LogP contribution in [0.3, 0.4) is 0 Å². The second kappa shape index (κ2) is 8.11. The van der Waals surface area contributed by atoms with Gasteiger partial charge in [0.2, 0.25) is 0 Å². The highest BCUT2D eigenvalue weighted by Crippen LogP contribution is 2.25. The van der Waals surface area contributed by atoms with E-state index in [1.54, 1.807) is 19.2 Å². The van der Waals surface area contributed by atoms with Gasteiger partial charge in [0.05, 0.1) is 13.2 Å². The second-order valence-corrected chi connectivity index (χ2v) is 6.44. The lowest BCUT2D eigenvalue weighted by molar-refractivity contribution is -0.123. The number of fused-ring (bicyclic) bond motifs is 1. The fourth-order valence-electron chi connectivity index (χ4n) is 2.69. The zero-order chi connectivity index (χ0) is 18.5. The molecule has 0 heterocycles. The maximum absolute atomic E-state index is 12.1. The van der Waals surface area contributed by atoms with Crippen LogP contribution in [-0.4, -0.2) is 19.6 Å². The SMILES string of the molecule is COc1ccc2ccc(OCC(=O)NC(C)c3ccc(Cl)cc3)cc2c1. The van der Waals surface area contributed by atoms with Gasteiger partial charge in [0.15, 0.2) is 6.61 Å². The number of hydrogen-bond donors (Lipinski definition) is 1. The Morgan fingerprint density at radius 3 is 2.35 bits per heavy atom. The van der Waals surface area contributed by atoms with E-state index in [9.17, 15) is 4.79 Å².